The number of Topliss-reactive ketones (excluding diaryl/α,β-unsaturated/α-hetero) is 1. The fourth-order valence-corrected chi connectivity index (χ4v) is 0.823. The molecule has 0 aliphatic carbocycles. The zero-order valence-electron chi connectivity index (χ0n) is 7.85. The van der Waals surface area contributed by atoms with Gasteiger partial charge < -0.3 is 5.11 Å². The van der Waals surface area contributed by atoms with Gasteiger partial charge in [0.25, 0.3) is 0 Å². The van der Waals surface area contributed by atoms with Gasteiger partial charge in [0.2, 0.25) is 0 Å². The summed E-state index contributed by atoms with van der Waals surface area (Å²) < 4.78 is 0. The van der Waals surface area contributed by atoms with Crippen molar-refractivity contribution in [2.75, 3.05) is 0 Å². The van der Waals surface area contributed by atoms with E-state index in [1.807, 2.05) is 20.8 Å². The van der Waals surface area contributed by atoms with Crippen molar-refractivity contribution in [1.29, 1.82) is 0 Å². The van der Waals surface area contributed by atoms with Crippen LogP contribution in [0.25, 0.3) is 0 Å². The fraction of sp³-hybridized carbons (Fsp3) is 0.889. The van der Waals surface area contributed by atoms with Crippen molar-refractivity contribution in [3.8, 4) is 0 Å². The maximum Gasteiger partial charge on any atom is 0.161 e. The third kappa shape index (κ3) is 2.62. The molecule has 0 amide bonds. The highest BCUT2D eigenvalue weighted by atomic mass is 16.3. The number of rotatable bonds is 4. The Bertz CT molecular complexity index is 138. The smallest absolute Gasteiger partial charge is 0.161 e. The summed E-state index contributed by atoms with van der Waals surface area (Å²) in [6, 6.07) is 0. The Hall–Kier alpha value is -0.370. The largest absolute Gasteiger partial charge is 0.385 e. The first-order chi connectivity index (χ1) is 4.95. The molecule has 0 aliphatic heterocycles. The highest BCUT2D eigenvalue weighted by Gasteiger charge is 2.30. The molecule has 2 nitrogen and oxygen atoms in total. The van der Waals surface area contributed by atoms with E-state index in [-0.39, 0.29) is 11.2 Å². The van der Waals surface area contributed by atoms with E-state index in [1.165, 1.54) is 0 Å². The molecular formula is C9H18O2. The molecule has 0 heterocycles. The molecule has 0 radical (unpaired) electrons. The third-order valence-electron chi connectivity index (χ3n) is 2.30. The van der Waals surface area contributed by atoms with Gasteiger partial charge in [0.1, 0.15) is 6.10 Å². The van der Waals surface area contributed by atoms with Crippen LogP contribution in [0, 0.1) is 5.41 Å². The summed E-state index contributed by atoms with van der Waals surface area (Å²) in [6.45, 7) is 7.57. The Labute approximate surface area is 68.6 Å². The SMILES string of the molecule is CCC(=O)C(O)C(C)(C)CC. The molecule has 1 atom stereocenters. The first-order valence-corrected chi connectivity index (χ1v) is 4.16. The first kappa shape index (κ1) is 10.6. The number of hydrogen-bond acceptors (Lipinski definition) is 2. The third-order valence-corrected chi connectivity index (χ3v) is 2.30. The average Bonchev–Trinajstić information content (AvgIpc) is 2.01. The van der Waals surface area contributed by atoms with Crippen LogP contribution in [-0.2, 0) is 4.79 Å². The van der Waals surface area contributed by atoms with E-state index in [0.29, 0.717) is 6.42 Å². The molecule has 0 spiro atoms. The lowest BCUT2D eigenvalue weighted by molar-refractivity contribution is -0.132. The zero-order chi connectivity index (χ0) is 9.07. The van der Waals surface area contributed by atoms with Crippen molar-refractivity contribution in [3.05, 3.63) is 0 Å². The summed E-state index contributed by atoms with van der Waals surface area (Å²) in [4.78, 5) is 11.1. The molecule has 0 fully saturated rings. The topological polar surface area (TPSA) is 37.3 Å². The van der Waals surface area contributed by atoms with E-state index in [1.54, 1.807) is 6.92 Å². The summed E-state index contributed by atoms with van der Waals surface area (Å²) >= 11 is 0. The van der Waals surface area contributed by atoms with Crippen LogP contribution >= 0.6 is 0 Å². The van der Waals surface area contributed by atoms with Crippen molar-refractivity contribution in [1.82, 2.24) is 0 Å². The standard InChI is InChI=1S/C9H18O2/c1-5-7(10)8(11)9(3,4)6-2/h8,11H,5-6H2,1-4H3. The second-order valence-corrected chi connectivity index (χ2v) is 3.56. The van der Waals surface area contributed by atoms with E-state index in [4.69, 9.17) is 0 Å². The number of carbonyl (C=O) groups is 1. The van der Waals surface area contributed by atoms with Crippen LogP contribution in [0.4, 0.5) is 0 Å². The summed E-state index contributed by atoms with van der Waals surface area (Å²) in [5.41, 5.74) is -0.271. The summed E-state index contributed by atoms with van der Waals surface area (Å²) in [6.07, 6.45) is 0.447. The van der Waals surface area contributed by atoms with Crippen LogP contribution in [-0.4, -0.2) is 17.0 Å². The minimum atomic E-state index is -0.794. The molecule has 1 N–H and O–H groups in total. The van der Waals surface area contributed by atoms with Gasteiger partial charge in [0.05, 0.1) is 0 Å². The van der Waals surface area contributed by atoms with Crippen molar-refractivity contribution < 1.29 is 9.90 Å². The van der Waals surface area contributed by atoms with Gasteiger partial charge in [-0.3, -0.25) is 4.79 Å². The predicted molar refractivity (Wildman–Crippen MR) is 45.4 cm³/mol. The Morgan fingerprint density at radius 3 is 2.18 bits per heavy atom. The van der Waals surface area contributed by atoms with E-state index < -0.39 is 6.10 Å². The lowest BCUT2D eigenvalue weighted by Gasteiger charge is -2.27. The van der Waals surface area contributed by atoms with Crippen LogP contribution in [0.15, 0.2) is 0 Å². The van der Waals surface area contributed by atoms with Gasteiger partial charge in [-0.25, -0.2) is 0 Å². The molecule has 0 rings (SSSR count). The highest BCUT2D eigenvalue weighted by Crippen LogP contribution is 2.25. The second kappa shape index (κ2) is 3.86. The molecule has 11 heavy (non-hydrogen) atoms. The highest BCUT2D eigenvalue weighted by molar-refractivity contribution is 5.83. The molecule has 0 saturated heterocycles. The van der Waals surface area contributed by atoms with E-state index in [2.05, 4.69) is 0 Å². The molecular weight excluding hydrogens is 140 g/mol. The molecule has 0 saturated carbocycles. The Morgan fingerprint density at radius 1 is 1.45 bits per heavy atom. The lowest BCUT2D eigenvalue weighted by atomic mass is 9.81. The van der Waals surface area contributed by atoms with Gasteiger partial charge in [0, 0.05) is 6.42 Å². The van der Waals surface area contributed by atoms with Crippen molar-refractivity contribution in [2.24, 2.45) is 5.41 Å². The van der Waals surface area contributed by atoms with Crippen molar-refractivity contribution in [2.45, 2.75) is 46.6 Å². The Kier molecular flexibility index (Phi) is 3.73. The number of hydrogen-bond donors (Lipinski definition) is 1. The number of carbonyl (C=O) groups excluding carboxylic acids is 1. The van der Waals surface area contributed by atoms with Crippen LogP contribution in [0.1, 0.15) is 40.5 Å². The van der Waals surface area contributed by atoms with Gasteiger partial charge in [-0.2, -0.15) is 0 Å². The summed E-state index contributed by atoms with van der Waals surface area (Å²) in [5.74, 6) is -0.0585. The quantitative estimate of drug-likeness (QED) is 0.677. The number of aliphatic hydroxyl groups is 1. The monoisotopic (exact) mass is 158 g/mol. The minimum absolute atomic E-state index is 0.0585. The molecule has 0 aliphatic rings. The van der Waals surface area contributed by atoms with E-state index in [9.17, 15) is 9.90 Å². The van der Waals surface area contributed by atoms with E-state index in [0.717, 1.165) is 6.42 Å². The predicted octanol–water partition coefficient (Wildman–Crippen LogP) is 1.76. The maximum absolute atomic E-state index is 11.1. The molecule has 0 aromatic carbocycles. The number of ketones is 1. The molecule has 0 aromatic heterocycles. The second-order valence-electron chi connectivity index (χ2n) is 3.56. The molecule has 1 unspecified atom stereocenters. The van der Waals surface area contributed by atoms with Crippen molar-refractivity contribution in [3.63, 3.8) is 0 Å². The molecule has 0 aromatic rings. The fourth-order valence-electron chi connectivity index (χ4n) is 0.823. The van der Waals surface area contributed by atoms with Crippen LogP contribution in [0.2, 0.25) is 0 Å². The number of aliphatic hydroxyl groups excluding tert-OH is 1. The lowest BCUT2D eigenvalue weighted by Crippen LogP contribution is -2.35. The summed E-state index contributed by atoms with van der Waals surface area (Å²) in [7, 11) is 0. The van der Waals surface area contributed by atoms with Gasteiger partial charge in [-0.15, -0.1) is 0 Å². The summed E-state index contributed by atoms with van der Waals surface area (Å²) in [5, 5.41) is 9.50. The van der Waals surface area contributed by atoms with Crippen LogP contribution in [0.5, 0.6) is 0 Å². The zero-order valence-corrected chi connectivity index (χ0v) is 7.85. The average molecular weight is 158 g/mol. The molecule has 2 heteroatoms. The van der Waals surface area contributed by atoms with Crippen LogP contribution in [0.3, 0.4) is 0 Å². The van der Waals surface area contributed by atoms with Crippen molar-refractivity contribution >= 4 is 5.78 Å². The minimum Gasteiger partial charge on any atom is -0.385 e. The molecule has 66 valence electrons. The Balaban J connectivity index is 4.22. The van der Waals surface area contributed by atoms with E-state index >= 15 is 0 Å². The normalized spacial score (nSPS) is 14.6. The van der Waals surface area contributed by atoms with Gasteiger partial charge in [-0.05, 0) is 11.8 Å². The maximum atomic E-state index is 11.1. The van der Waals surface area contributed by atoms with Gasteiger partial charge in [-0.1, -0.05) is 27.7 Å². The van der Waals surface area contributed by atoms with Gasteiger partial charge in [0.15, 0.2) is 5.78 Å². The Morgan fingerprint density at radius 2 is 1.91 bits per heavy atom. The first-order valence-electron chi connectivity index (χ1n) is 4.16. The van der Waals surface area contributed by atoms with Gasteiger partial charge >= 0.3 is 0 Å². The molecule has 0 bridgehead atoms. The van der Waals surface area contributed by atoms with Crippen LogP contribution < -0.4 is 0 Å².